The molecule has 1 unspecified atom stereocenters. The fraction of sp³-hybridized carbons (Fsp3) is 0.250. The van der Waals surface area contributed by atoms with Gasteiger partial charge in [-0.3, -0.25) is 4.79 Å². The molecule has 1 atom stereocenters. The summed E-state index contributed by atoms with van der Waals surface area (Å²) in [6, 6.07) is 13.1. The van der Waals surface area contributed by atoms with Crippen molar-refractivity contribution >= 4 is 46.9 Å². The molecule has 0 fully saturated rings. The van der Waals surface area contributed by atoms with Gasteiger partial charge in [0.1, 0.15) is 0 Å². The van der Waals surface area contributed by atoms with Gasteiger partial charge in [0.25, 0.3) is 5.91 Å². The van der Waals surface area contributed by atoms with Crippen LogP contribution in [-0.2, 0) is 14.3 Å². The first-order chi connectivity index (χ1) is 15.3. The SMILES string of the molecule is CCCC1=NN(c2ccc(Cl)cc2)C(=O)C1CC(=Cc1ccc(C(=O)OC)cc1)C(=O)O. The number of carbonyl (C=O) groups is 3. The van der Waals surface area contributed by atoms with Crippen LogP contribution in [0.15, 0.2) is 59.2 Å². The van der Waals surface area contributed by atoms with E-state index in [-0.39, 0.29) is 17.9 Å². The van der Waals surface area contributed by atoms with Gasteiger partial charge in [-0.2, -0.15) is 5.10 Å². The molecule has 3 rings (SSSR count). The molecule has 1 aliphatic heterocycles. The molecule has 0 radical (unpaired) electrons. The van der Waals surface area contributed by atoms with Gasteiger partial charge in [-0.05, 0) is 60.9 Å². The van der Waals surface area contributed by atoms with Crippen LogP contribution in [0, 0.1) is 5.92 Å². The van der Waals surface area contributed by atoms with Crippen molar-refractivity contribution in [1.82, 2.24) is 0 Å². The molecule has 1 amide bonds. The number of hydrogen-bond donors (Lipinski definition) is 1. The number of carboxylic acids is 1. The van der Waals surface area contributed by atoms with Crippen LogP contribution in [0.25, 0.3) is 6.08 Å². The molecule has 0 saturated carbocycles. The van der Waals surface area contributed by atoms with E-state index in [1.54, 1.807) is 48.5 Å². The standard InChI is InChI=1S/C24H23ClN2O5/c1-3-4-21-20(22(28)27(26-21)19-11-9-18(25)10-12-19)14-17(23(29)30)13-15-5-7-16(8-6-15)24(31)32-2/h5-13,20H,3-4,14H2,1-2H3,(H,29,30). The minimum atomic E-state index is -1.12. The summed E-state index contributed by atoms with van der Waals surface area (Å²) < 4.78 is 4.67. The van der Waals surface area contributed by atoms with Crippen LogP contribution >= 0.6 is 11.6 Å². The highest BCUT2D eigenvalue weighted by atomic mass is 35.5. The molecular weight excluding hydrogens is 432 g/mol. The van der Waals surface area contributed by atoms with Gasteiger partial charge in [-0.15, -0.1) is 0 Å². The second kappa shape index (κ2) is 10.2. The number of carbonyl (C=O) groups excluding carboxylic acids is 2. The van der Waals surface area contributed by atoms with Gasteiger partial charge in [0.05, 0.1) is 30.0 Å². The Kier molecular flexibility index (Phi) is 7.43. The molecule has 2 aromatic rings. The molecule has 2 aromatic carbocycles. The van der Waals surface area contributed by atoms with Gasteiger partial charge in [0, 0.05) is 10.6 Å². The maximum absolute atomic E-state index is 13.1. The Labute approximate surface area is 190 Å². The molecule has 0 aromatic heterocycles. The minimum Gasteiger partial charge on any atom is -0.478 e. The number of anilines is 1. The molecular formula is C24H23ClN2O5. The first-order valence-electron chi connectivity index (χ1n) is 10.1. The highest BCUT2D eigenvalue weighted by Crippen LogP contribution is 2.30. The van der Waals surface area contributed by atoms with Crippen LogP contribution in [0.5, 0.6) is 0 Å². The Morgan fingerprint density at radius 3 is 2.38 bits per heavy atom. The number of hydrogen-bond acceptors (Lipinski definition) is 5. The van der Waals surface area contributed by atoms with Crippen LogP contribution in [0.2, 0.25) is 5.02 Å². The second-order valence-electron chi connectivity index (χ2n) is 7.31. The highest BCUT2D eigenvalue weighted by molar-refractivity contribution is 6.30. The Hall–Kier alpha value is -3.45. The molecule has 1 N–H and O–H groups in total. The zero-order valence-corrected chi connectivity index (χ0v) is 18.5. The van der Waals surface area contributed by atoms with Crippen molar-refractivity contribution in [3.8, 4) is 0 Å². The van der Waals surface area contributed by atoms with Crippen LogP contribution in [0.1, 0.15) is 42.1 Å². The van der Waals surface area contributed by atoms with Gasteiger partial charge in [-0.1, -0.05) is 37.1 Å². The van der Waals surface area contributed by atoms with Gasteiger partial charge in [0.2, 0.25) is 0 Å². The van der Waals surface area contributed by atoms with E-state index in [4.69, 9.17) is 11.6 Å². The second-order valence-corrected chi connectivity index (χ2v) is 7.75. The number of ether oxygens (including phenoxy) is 1. The van der Waals surface area contributed by atoms with Crippen molar-refractivity contribution in [2.24, 2.45) is 11.0 Å². The average Bonchev–Trinajstić information content (AvgIpc) is 3.09. The normalized spacial score (nSPS) is 16.2. The number of hydrazone groups is 1. The lowest BCUT2D eigenvalue weighted by molar-refractivity contribution is -0.132. The van der Waals surface area contributed by atoms with E-state index in [2.05, 4.69) is 9.84 Å². The average molecular weight is 455 g/mol. The molecule has 32 heavy (non-hydrogen) atoms. The number of nitrogens with zero attached hydrogens (tertiary/aromatic N) is 2. The zero-order chi connectivity index (χ0) is 23.3. The number of methoxy groups -OCH3 is 1. The third-order valence-electron chi connectivity index (χ3n) is 5.09. The number of benzene rings is 2. The molecule has 0 saturated heterocycles. The summed E-state index contributed by atoms with van der Waals surface area (Å²) >= 11 is 5.94. The summed E-state index contributed by atoms with van der Waals surface area (Å²) in [6.07, 6.45) is 2.88. The number of amides is 1. The lowest BCUT2D eigenvalue weighted by atomic mass is 9.91. The summed E-state index contributed by atoms with van der Waals surface area (Å²) in [4.78, 5) is 36.7. The van der Waals surface area contributed by atoms with Gasteiger partial charge >= 0.3 is 11.9 Å². The van der Waals surface area contributed by atoms with Crippen LogP contribution in [0.4, 0.5) is 5.69 Å². The van der Waals surface area contributed by atoms with Gasteiger partial charge in [-0.25, -0.2) is 14.6 Å². The summed E-state index contributed by atoms with van der Waals surface area (Å²) in [7, 11) is 1.29. The van der Waals surface area contributed by atoms with Gasteiger partial charge in [0.15, 0.2) is 0 Å². The largest absolute Gasteiger partial charge is 0.478 e. The van der Waals surface area contributed by atoms with Crippen molar-refractivity contribution in [2.45, 2.75) is 26.2 Å². The Bertz CT molecular complexity index is 1070. The van der Waals surface area contributed by atoms with Crippen molar-refractivity contribution in [3.63, 3.8) is 0 Å². The van der Waals surface area contributed by atoms with E-state index in [0.29, 0.717) is 34.0 Å². The van der Waals surface area contributed by atoms with Crippen LogP contribution in [0.3, 0.4) is 0 Å². The molecule has 8 heteroatoms. The lowest BCUT2D eigenvalue weighted by Crippen LogP contribution is -2.28. The third-order valence-corrected chi connectivity index (χ3v) is 5.34. The Morgan fingerprint density at radius 2 is 1.81 bits per heavy atom. The molecule has 0 bridgehead atoms. The highest BCUT2D eigenvalue weighted by Gasteiger charge is 2.37. The van der Waals surface area contributed by atoms with E-state index in [0.717, 1.165) is 6.42 Å². The summed E-state index contributed by atoms with van der Waals surface area (Å²) in [6.45, 7) is 1.98. The number of halogens is 1. The fourth-order valence-electron chi connectivity index (χ4n) is 3.45. The van der Waals surface area contributed by atoms with Crippen molar-refractivity contribution < 1.29 is 24.2 Å². The number of aliphatic carboxylic acids is 1. The number of rotatable bonds is 8. The molecule has 166 valence electrons. The Balaban J connectivity index is 1.87. The molecule has 7 nitrogen and oxygen atoms in total. The van der Waals surface area contributed by atoms with Crippen molar-refractivity contribution in [2.75, 3.05) is 12.1 Å². The maximum atomic E-state index is 13.1. The predicted molar refractivity (Wildman–Crippen MR) is 123 cm³/mol. The third kappa shape index (κ3) is 5.23. The number of carboxylic acid groups (broad SMARTS) is 1. The minimum absolute atomic E-state index is 0.00976. The molecule has 0 aliphatic carbocycles. The molecule has 1 heterocycles. The van der Waals surface area contributed by atoms with E-state index < -0.39 is 17.9 Å². The van der Waals surface area contributed by atoms with Crippen molar-refractivity contribution in [3.05, 3.63) is 70.3 Å². The van der Waals surface area contributed by atoms with E-state index in [1.165, 1.54) is 18.2 Å². The predicted octanol–water partition coefficient (Wildman–Crippen LogP) is 4.80. The van der Waals surface area contributed by atoms with Gasteiger partial charge < -0.3 is 9.84 Å². The summed E-state index contributed by atoms with van der Waals surface area (Å²) in [5.74, 6) is -2.53. The quantitative estimate of drug-likeness (QED) is 0.456. The first-order valence-corrected chi connectivity index (χ1v) is 10.5. The maximum Gasteiger partial charge on any atom is 0.337 e. The summed E-state index contributed by atoms with van der Waals surface area (Å²) in [5, 5.41) is 16.1. The number of esters is 1. The molecule has 0 spiro atoms. The van der Waals surface area contributed by atoms with Crippen LogP contribution in [-0.4, -0.2) is 35.8 Å². The molecule has 1 aliphatic rings. The van der Waals surface area contributed by atoms with E-state index >= 15 is 0 Å². The summed E-state index contributed by atoms with van der Waals surface area (Å²) in [5.41, 5.74) is 2.28. The fourth-order valence-corrected chi connectivity index (χ4v) is 3.58. The topological polar surface area (TPSA) is 96.3 Å². The van der Waals surface area contributed by atoms with E-state index in [1.807, 2.05) is 6.92 Å². The lowest BCUT2D eigenvalue weighted by Gasteiger charge is -2.15. The van der Waals surface area contributed by atoms with Crippen molar-refractivity contribution in [1.29, 1.82) is 0 Å². The smallest absolute Gasteiger partial charge is 0.337 e. The van der Waals surface area contributed by atoms with Crippen LogP contribution < -0.4 is 5.01 Å². The first kappa shape index (κ1) is 23.2. The Morgan fingerprint density at radius 1 is 1.16 bits per heavy atom. The monoisotopic (exact) mass is 454 g/mol. The van der Waals surface area contributed by atoms with E-state index in [9.17, 15) is 19.5 Å². The zero-order valence-electron chi connectivity index (χ0n) is 17.7.